The molecule has 0 saturated heterocycles. The van der Waals surface area contributed by atoms with Gasteiger partial charge in [-0.1, -0.05) is 0 Å². The van der Waals surface area contributed by atoms with Gasteiger partial charge >= 0.3 is 5.97 Å². The lowest BCUT2D eigenvalue weighted by Crippen LogP contribution is -2.25. The number of Topliss-reactive ketones (excluding diaryl/α,β-unsaturated/α-hetero) is 1. The molecular formula is C9H12O3. The molecule has 0 saturated carbocycles. The highest BCUT2D eigenvalue weighted by molar-refractivity contribution is 6.05. The third-order valence-electron chi connectivity index (χ3n) is 0.886. The molecule has 0 aliphatic carbocycles. The molecule has 0 atom stereocenters. The number of carbonyl (C=O) groups is 2. The molecule has 0 bridgehead atoms. The van der Waals surface area contributed by atoms with Crippen molar-refractivity contribution >= 4 is 11.8 Å². The lowest BCUT2D eigenvalue weighted by atomic mass is 10.2. The molecule has 66 valence electrons. The molecule has 0 aromatic carbocycles. The highest BCUT2D eigenvalue weighted by atomic mass is 16.6. The number of ketones is 1. The summed E-state index contributed by atoms with van der Waals surface area (Å²) in [6, 6.07) is 0. The molecule has 0 fully saturated rings. The van der Waals surface area contributed by atoms with Crippen molar-refractivity contribution in [2.24, 2.45) is 0 Å². The first-order chi connectivity index (χ1) is 5.35. The van der Waals surface area contributed by atoms with Crippen LogP contribution in [-0.4, -0.2) is 17.4 Å². The summed E-state index contributed by atoms with van der Waals surface area (Å²) in [6.07, 6.45) is 4.44. The van der Waals surface area contributed by atoms with E-state index in [2.05, 4.69) is 0 Å². The van der Waals surface area contributed by atoms with E-state index < -0.39 is 17.4 Å². The average Bonchev–Trinajstić information content (AvgIpc) is 1.82. The van der Waals surface area contributed by atoms with Crippen molar-refractivity contribution in [1.82, 2.24) is 0 Å². The first-order valence-electron chi connectivity index (χ1n) is 3.56. The minimum Gasteiger partial charge on any atom is -0.460 e. The summed E-state index contributed by atoms with van der Waals surface area (Å²) < 4.78 is 4.85. The second kappa shape index (κ2) is 3.91. The highest BCUT2D eigenvalue weighted by Crippen LogP contribution is 2.07. The Balaban J connectivity index is 3.94. The summed E-state index contributed by atoms with van der Waals surface area (Å²) in [5, 5.41) is 0. The second-order valence-corrected chi connectivity index (χ2v) is 3.33. The number of esters is 1. The van der Waals surface area contributed by atoms with Crippen molar-refractivity contribution in [3.63, 3.8) is 0 Å². The third-order valence-corrected chi connectivity index (χ3v) is 0.886. The SMILES string of the molecule is C#CC(=O)CC(=O)OC(C)(C)C. The van der Waals surface area contributed by atoms with Crippen LogP contribution in [0.3, 0.4) is 0 Å². The summed E-state index contributed by atoms with van der Waals surface area (Å²) in [5.41, 5.74) is -0.564. The second-order valence-electron chi connectivity index (χ2n) is 3.33. The fourth-order valence-corrected chi connectivity index (χ4v) is 0.560. The predicted molar refractivity (Wildman–Crippen MR) is 44.3 cm³/mol. The van der Waals surface area contributed by atoms with Crippen LogP contribution in [0.1, 0.15) is 27.2 Å². The molecule has 0 N–H and O–H groups in total. The van der Waals surface area contributed by atoms with Crippen molar-refractivity contribution in [3.05, 3.63) is 0 Å². The van der Waals surface area contributed by atoms with Crippen molar-refractivity contribution < 1.29 is 14.3 Å². The quantitative estimate of drug-likeness (QED) is 0.266. The van der Waals surface area contributed by atoms with Crippen LogP contribution in [0, 0.1) is 12.3 Å². The van der Waals surface area contributed by atoms with Crippen molar-refractivity contribution in [3.8, 4) is 12.3 Å². The first-order valence-corrected chi connectivity index (χ1v) is 3.56. The van der Waals surface area contributed by atoms with Crippen molar-refractivity contribution in [1.29, 1.82) is 0 Å². The van der Waals surface area contributed by atoms with Gasteiger partial charge in [-0.05, 0) is 26.7 Å². The molecule has 0 aromatic heterocycles. The number of hydrogen-bond donors (Lipinski definition) is 0. The predicted octanol–water partition coefficient (Wildman–Crippen LogP) is 0.920. The highest BCUT2D eigenvalue weighted by Gasteiger charge is 2.17. The Morgan fingerprint density at radius 1 is 1.42 bits per heavy atom. The van der Waals surface area contributed by atoms with E-state index in [0.717, 1.165) is 0 Å². The maximum Gasteiger partial charge on any atom is 0.314 e. The Hall–Kier alpha value is -1.30. The van der Waals surface area contributed by atoms with E-state index in [4.69, 9.17) is 11.2 Å². The van der Waals surface area contributed by atoms with E-state index in [1.807, 2.05) is 5.92 Å². The molecule has 0 aromatic rings. The number of terminal acetylenes is 1. The van der Waals surface area contributed by atoms with Crippen molar-refractivity contribution in [2.75, 3.05) is 0 Å². The molecule has 0 radical (unpaired) electrons. The maximum atomic E-state index is 10.9. The molecular weight excluding hydrogens is 156 g/mol. The number of hydrogen-bond acceptors (Lipinski definition) is 3. The Kier molecular flexibility index (Phi) is 3.49. The number of ether oxygens (including phenoxy) is 1. The van der Waals surface area contributed by atoms with Gasteiger partial charge in [0.1, 0.15) is 12.0 Å². The molecule has 0 amide bonds. The summed E-state index contributed by atoms with van der Waals surface area (Å²) in [4.78, 5) is 21.5. The van der Waals surface area contributed by atoms with Gasteiger partial charge in [0.25, 0.3) is 0 Å². The molecule has 3 nitrogen and oxygen atoms in total. The van der Waals surface area contributed by atoms with E-state index in [-0.39, 0.29) is 6.42 Å². The van der Waals surface area contributed by atoms with Gasteiger partial charge in [0, 0.05) is 0 Å². The van der Waals surface area contributed by atoms with Crippen LogP contribution < -0.4 is 0 Å². The molecule has 0 heterocycles. The molecule has 3 heteroatoms. The Morgan fingerprint density at radius 3 is 2.25 bits per heavy atom. The topological polar surface area (TPSA) is 43.4 Å². The van der Waals surface area contributed by atoms with Crippen LogP contribution in [0.5, 0.6) is 0 Å². The minimum atomic E-state index is -0.578. The average molecular weight is 168 g/mol. The van der Waals surface area contributed by atoms with Gasteiger partial charge in [-0.3, -0.25) is 9.59 Å². The summed E-state index contributed by atoms with van der Waals surface area (Å²) in [6.45, 7) is 5.18. The zero-order valence-electron chi connectivity index (χ0n) is 7.51. The lowest BCUT2D eigenvalue weighted by molar-refractivity contribution is -0.155. The molecule has 0 unspecified atom stereocenters. The minimum absolute atomic E-state index is 0.340. The maximum absolute atomic E-state index is 10.9. The number of rotatable bonds is 2. The van der Waals surface area contributed by atoms with Gasteiger partial charge in [-0.15, -0.1) is 6.42 Å². The fourth-order valence-electron chi connectivity index (χ4n) is 0.560. The van der Waals surface area contributed by atoms with Gasteiger partial charge in [-0.25, -0.2) is 0 Å². The van der Waals surface area contributed by atoms with Crippen LogP contribution in [0.15, 0.2) is 0 Å². The first kappa shape index (κ1) is 10.7. The monoisotopic (exact) mass is 168 g/mol. The molecule has 12 heavy (non-hydrogen) atoms. The van der Waals surface area contributed by atoms with E-state index in [9.17, 15) is 9.59 Å². The third kappa shape index (κ3) is 5.48. The number of carbonyl (C=O) groups excluding carboxylic acids is 2. The lowest BCUT2D eigenvalue weighted by Gasteiger charge is -2.18. The van der Waals surface area contributed by atoms with Gasteiger partial charge in [0.2, 0.25) is 5.78 Å². The Bertz CT molecular complexity index is 227. The van der Waals surface area contributed by atoms with Crippen LogP contribution in [-0.2, 0) is 14.3 Å². The van der Waals surface area contributed by atoms with Crippen molar-refractivity contribution in [2.45, 2.75) is 32.8 Å². The van der Waals surface area contributed by atoms with Gasteiger partial charge in [0.05, 0.1) is 0 Å². The van der Waals surface area contributed by atoms with Gasteiger partial charge in [-0.2, -0.15) is 0 Å². The van der Waals surface area contributed by atoms with E-state index >= 15 is 0 Å². The standard InChI is InChI=1S/C9H12O3/c1-5-7(10)6-8(11)12-9(2,3)4/h1H,6H2,2-4H3. The molecule has 0 spiro atoms. The van der Waals surface area contributed by atoms with E-state index in [0.29, 0.717) is 0 Å². The van der Waals surface area contributed by atoms with E-state index in [1.54, 1.807) is 20.8 Å². The largest absolute Gasteiger partial charge is 0.460 e. The smallest absolute Gasteiger partial charge is 0.314 e. The van der Waals surface area contributed by atoms with Gasteiger partial charge in [0.15, 0.2) is 0 Å². The summed E-state index contributed by atoms with van der Waals surface area (Å²) in [5.74, 6) is 0.712. The molecule has 0 rings (SSSR count). The van der Waals surface area contributed by atoms with Crippen LogP contribution in [0.2, 0.25) is 0 Å². The zero-order chi connectivity index (χ0) is 9.78. The fraction of sp³-hybridized carbons (Fsp3) is 0.556. The molecule has 0 aliphatic heterocycles. The molecule has 0 aliphatic rings. The Morgan fingerprint density at radius 2 is 1.92 bits per heavy atom. The summed E-state index contributed by atoms with van der Waals surface area (Å²) >= 11 is 0. The van der Waals surface area contributed by atoms with Crippen LogP contribution in [0.25, 0.3) is 0 Å². The van der Waals surface area contributed by atoms with Gasteiger partial charge < -0.3 is 4.74 Å². The van der Waals surface area contributed by atoms with Crippen LogP contribution in [0.4, 0.5) is 0 Å². The normalized spacial score (nSPS) is 10.2. The van der Waals surface area contributed by atoms with E-state index in [1.165, 1.54) is 0 Å². The van der Waals surface area contributed by atoms with Crippen LogP contribution >= 0.6 is 0 Å². The zero-order valence-corrected chi connectivity index (χ0v) is 7.51. The summed E-state index contributed by atoms with van der Waals surface area (Å²) in [7, 11) is 0. The Labute approximate surface area is 72.1 Å².